The Morgan fingerprint density at radius 2 is 1.77 bits per heavy atom. The lowest BCUT2D eigenvalue weighted by Crippen LogP contribution is -2.44. The molecule has 1 aliphatic heterocycles. The number of piperidine rings is 1. The van der Waals surface area contributed by atoms with E-state index in [1.807, 2.05) is 12.1 Å². The Bertz CT molecular complexity index is 937. The van der Waals surface area contributed by atoms with E-state index in [-0.39, 0.29) is 30.5 Å². The molecule has 6 nitrogen and oxygen atoms in total. The number of hydrogen-bond acceptors (Lipinski definition) is 4. The van der Waals surface area contributed by atoms with Crippen LogP contribution < -0.4 is 10.6 Å². The molecule has 0 radical (unpaired) electrons. The van der Waals surface area contributed by atoms with Gasteiger partial charge in [0.1, 0.15) is 5.82 Å². The first kappa shape index (κ1) is 22.6. The van der Waals surface area contributed by atoms with E-state index in [0.717, 1.165) is 37.9 Å². The number of likely N-dealkylation sites (tertiary alicyclic amines) is 1. The molecule has 1 heterocycles. The first-order valence-electron chi connectivity index (χ1n) is 10.5. The monoisotopic (exact) mass is 425 g/mol. The van der Waals surface area contributed by atoms with Crippen LogP contribution in [0.4, 0.5) is 14.9 Å². The fourth-order valence-electron chi connectivity index (χ4n) is 3.97. The van der Waals surface area contributed by atoms with Crippen molar-refractivity contribution < 1.29 is 18.8 Å². The summed E-state index contributed by atoms with van der Waals surface area (Å²) in [5.74, 6) is 0.0495. The van der Waals surface area contributed by atoms with Gasteiger partial charge in [-0.3, -0.25) is 19.4 Å². The average molecular weight is 426 g/mol. The van der Waals surface area contributed by atoms with E-state index in [0.29, 0.717) is 17.2 Å². The smallest absolute Gasteiger partial charge is 0.319 e. The summed E-state index contributed by atoms with van der Waals surface area (Å²) in [6.45, 7) is 3.16. The maximum Gasteiger partial charge on any atom is 0.319 e. The van der Waals surface area contributed by atoms with Crippen LogP contribution in [0.25, 0.3) is 0 Å². The highest BCUT2D eigenvalue weighted by atomic mass is 19.1. The number of hydrogen-bond donors (Lipinski definition) is 1. The van der Waals surface area contributed by atoms with Gasteiger partial charge in [0.2, 0.25) is 0 Å². The molecule has 0 saturated carbocycles. The largest absolute Gasteiger partial charge is 0.351 e. The number of Topliss-reactive ketones (excluding diaryl/α,β-unsaturated/α-hetero) is 2. The van der Waals surface area contributed by atoms with Crippen molar-refractivity contribution in [1.82, 2.24) is 4.90 Å². The van der Waals surface area contributed by atoms with Crippen molar-refractivity contribution in [3.8, 4) is 0 Å². The number of halogens is 1. The van der Waals surface area contributed by atoms with Gasteiger partial charge in [0.15, 0.2) is 11.6 Å². The highest BCUT2D eigenvalue weighted by molar-refractivity contribution is 6.00. The molecule has 0 unspecified atom stereocenters. The highest BCUT2D eigenvalue weighted by Gasteiger charge is 2.23. The molecule has 2 aromatic carbocycles. The number of nitrogens with two attached hydrogens (primary N) is 1. The molecule has 1 saturated heterocycles. The van der Waals surface area contributed by atoms with E-state index in [4.69, 9.17) is 5.73 Å². The van der Waals surface area contributed by atoms with Gasteiger partial charge in [-0.1, -0.05) is 24.3 Å². The van der Waals surface area contributed by atoms with Crippen molar-refractivity contribution >= 4 is 23.3 Å². The molecule has 164 valence electrons. The van der Waals surface area contributed by atoms with Crippen molar-refractivity contribution in [3.05, 3.63) is 65.5 Å². The van der Waals surface area contributed by atoms with Crippen LogP contribution in [0.15, 0.2) is 48.5 Å². The molecule has 2 aromatic rings. The topological polar surface area (TPSA) is 83.7 Å². The van der Waals surface area contributed by atoms with Gasteiger partial charge in [-0.25, -0.2) is 9.18 Å². The molecule has 1 aliphatic rings. The lowest BCUT2D eigenvalue weighted by atomic mass is 9.90. The molecule has 2 amide bonds. The van der Waals surface area contributed by atoms with Gasteiger partial charge in [-0.15, -0.1) is 0 Å². The van der Waals surface area contributed by atoms with Gasteiger partial charge in [0.05, 0.1) is 13.1 Å². The maximum atomic E-state index is 13.1. The minimum absolute atomic E-state index is 0.107. The molecule has 0 atom stereocenters. The molecule has 0 spiro atoms. The van der Waals surface area contributed by atoms with Crippen LogP contribution in [0, 0.1) is 11.7 Å². The average Bonchev–Trinajstić information content (AvgIpc) is 2.75. The highest BCUT2D eigenvalue weighted by Crippen LogP contribution is 2.22. The van der Waals surface area contributed by atoms with Crippen LogP contribution in [0.1, 0.15) is 35.7 Å². The Kier molecular flexibility index (Phi) is 7.52. The zero-order chi connectivity index (χ0) is 22.4. The molecule has 7 heteroatoms. The molecule has 2 N–H and O–H groups in total. The number of primary amides is 1. The lowest BCUT2D eigenvalue weighted by Gasteiger charge is -2.32. The number of ketones is 2. The fourth-order valence-corrected chi connectivity index (χ4v) is 3.97. The van der Waals surface area contributed by atoms with Gasteiger partial charge < -0.3 is 5.73 Å². The lowest BCUT2D eigenvalue weighted by molar-refractivity contribution is -0.119. The molecule has 0 aliphatic carbocycles. The third kappa shape index (κ3) is 6.46. The number of rotatable bonds is 8. The minimum atomic E-state index is -0.730. The Hall–Kier alpha value is -3.06. The fraction of sp³-hybridized carbons (Fsp3) is 0.375. The Balaban J connectivity index is 1.51. The molecule has 3 rings (SSSR count). The zero-order valence-electron chi connectivity index (χ0n) is 17.7. The Morgan fingerprint density at radius 1 is 1.10 bits per heavy atom. The Labute approximate surface area is 181 Å². The summed E-state index contributed by atoms with van der Waals surface area (Å²) in [5.41, 5.74) is 7.51. The van der Waals surface area contributed by atoms with E-state index < -0.39 is 6.03 Å². The second-order valence-electron chi connectivity index (χ2n) is 8.12. The van der Waals surface area contributed by atoms with E-state index in [2.05, 4.69) is 4.90 Å². The normalized spacial score (nSPS) is 14.9. The van der Waals surface area contributed by atoms with Crippen molar-refractivity contribution in [2.24, 2.45) is 11.7 Å². The number of carbonyl (C=O) groups excluding carboxylic acids is 3. The Morgan fingerprint density at radius 3 is 2.39 bits per heavy atom. The molecule has 31 heavy (non-hydrogen) atoms. The maximum absolute atomic E-state index is 13.1. The molecular weight excluding hydrogens is 397 g/mol. The van der Waals surface area contributed by atoms with Crippen LogP contribution >= 0.6 is 0 Å². The van der Waals surface area contributed by atoms with Crippen molar-refractivity contribution in [2.75, 3.05) is 31.1 Å². The number of carbonyl (C=O) groups is 3. The standard InChI is InChI=1S/C24H28FN3O3/c1-17(29)20-3-2-4-22(14-20)28(24(26)31)16-23(30)15-27-11-9-19(10-12-27)13-18-5-7-21(25)8-6-18/h2-8,14,19H,9-13,15-16H2,1H3,(H2,26,31). The zero-order valence-corrected chi connectivity index (χ0v) is 17.7. The van der Waals surface area contributed by atoms with Crippen molar-refractivity contribution in [1.29, 1.82) is 0 Å². The first-order chi connectivity index (χ1) is 14.8. The second kappa shape index (κ2) is 10.3. The summed E-state index contributed by atoms with van der Waals surface area (Å²) >= 11 is 0. The predicted molar refractivity (Wildman–Crippen MR) is 118 cm³/mol. The summed E-state index contributed by atoms with van der Waals surface area (Å²) in [6.07, 6.45) is 2.83. The molecular formula is C24H28FN3O3. The van der Waals surface area contributed by atoms with Crippen molar-refractivity contribution in [2.45, 2.75) is 26.2 Å². The number of nitrogens with zero attached hydrogens (tertiary/aromatic N) is 2. The van der Waals surface area contributed by atoms with E-state index in [1.165, 1.54) is 24.0 Å². The third-order valence-corrected chi connectivity index (χ3v) is 5.71. The second-order valence-corrected chi connectivity index (χ2v) is 8.12. The number of benzene rings is 2. The van der Waals surface area contributed by atoms with Crippen LogP contribution in [0.3, 0.4) is 0 Å². The van der Waals surface area contributed by atoms with Gasteiger partial charge >= 0.3 is 6.03 Å². The van der Waals surface area contributed by atoms with Crippen LogP contribution in [0.5, 0.6) is 0 Å². The number of amides is 2. The summed E-state index contributed by atoms with van der Waals surface area (Å²) in [5, 5.41) is 0. The van der Waals surface area contributed by atoms with E-state index in [1.54, 1.807) is 24.3 Å². The summed E-state index contributed by atoms with van der Waals surface area (Å²) < 4.78 is 13.1. The first-order valence-corrected chi connectivity index (χ1v) is 10.5. The summed E-state index contributed by atoms with van der Waals surface area (Å²) in [7, 11) is 0. The SMILES string of the molecule is CC(=O)c1cccc(N(CC(=O)CN2CCC(Cc3ccc(F)cc3)CC2)C(N)=O)c1. The molecule has 1 fully saturated rings. The van der Waals surface area contributed by atoms with Crippen molar-refractivity contribution in [3.63, 3.8) is 0 Å². The number of urea groups is 1. The third-order valence-electron chi connectivity index (χ3n) is 5.71. The van der Waals surface area contributed by atoms with Crippen LogP contribution in [0.2, 0.25) is 0 Å². The summed E-state index contributed by atoms with van der Waals surface area (Å²) in [6, 6.07) is 12.4. The van der Waals surface area contributed by atoms with Gasteiger partial charge in [-0.05, 0) is 75.0 Å². The van der Waals surface area contributed by atoms with Gasteiger partial charge in [0.25, 0.3) is 0 Å². The summed E-state index contributed by atoms with van der Waals surface area (Å²) in [4.78, 5) is 39.5. The van der Waals surface area contributed by atoms with Crippen LogP contribution in [-0.4, -0.2) is 48.7 Å². The number of anilines is 1. The van der Waals surface area contributed by atoms with Crippen LogP contribution in [-0.2, 0) is 11.2 Å². The van der Waals surface area contributed by atoms with Gasteiger partial charge in [-0.2, -0.15) is 0 Å². The minimum Gasteiger partial charge on any atom is -0.351 e. The van der Waals surface area contributed by atoms with Gasteiger partial charge in [0, 0.05) is 11.3 Å². The van der Waals surface area contributed by atoms with E-state index >= 15 is 0 Å². The predicted octanol–water partition coefficient (Wildman–Crippen LogP) is 3.44. The van der Waals surface area contributed by atoms with E-state index in [9.17, 15) is 18.8 Å². The molecule has 0 bridgehead atoms. The quantitative estimate of drug-likeness (QED) is 0.657. The molecule has 0 aromatic heterocycles.